The van der Waals surface area contributed by atoms with E-state index in [9.17, 15) is 4.79 Å². The number of H-pyrrole nitrogens is 1. The summed E-state index contributed by atoms with van der Waals surface area (Å²) in [5.41, 5.74) is 2.31. The Balaban J connectivity index is 2.07. The summed E-state index contributed by atoms with van der Waals surface area (Å²) >= 11 is 0. The third kappa shape index (κ3) is 2.93. The van der Waals surface area contributed by atoms with Crippen molar-refractivity contribution in [3.05, 3.63) is 30.1 Å². The molecule has 2 N–H and O–H groups in total. The Morgan fingerprint density at radius 3 is 2.84 bits per heavy atom. The van der Waals surface area contributed by atoms with Crippen molar-refractivity contribution < 1.29 is 4.79 Å². The highest BCUT2D eigenvalue weighted by molar-refractivity contribution is 5.97. The molecule has 0 bridgehead atoms. The lowest BCUT2D eigenvalue weighted by Gasteiger charge is -2.32. The Hall–Kier alpha value is -1.88. The van der Waals surface area contributed by atoms with Crippen molar-refractivity contribution in [3.63, 3.8) is 0 Å². The molecule has 1 heterocycles. The van der Waals surface area contributed by atoms with Gasteiger partial charge in [-0.3, -0.25) is 4.79 Å². The van der Waals surface area contributed by atoms with Crippen molar-refractivity contribution >= 4 is 16.9 Å². The fraction of sp³-hybridized carbons (Fsp3) is 0.429. The highest BCUT2D eigenvalue weighted by atomic mass is 16.1. The van der Waals surface area contributed by atoms with Crippen molar-refractivity contribution in [2.45, 2.75) is 19.4 Å². The second-order valence-electron chi connectivity index (χ2n) is 5.52. The molecule has 1 aromatic heterocycles. The second-order valence-corrected chi connectivity index (χ2v) is 5.52. The second kappa shape index (κ2) is 5.01. The topological polar surface area (TPSA) is 61.0 Å². The smallest absolute Gasteiger partial charge is 0.251 e. The zero-order valence-electron chi connectivity index (χ0n) is 11.8. The summed E-state index contributed by atoms with van der Waals surface area (Å²) < 4.78 is 0. The Morgan fingerprint density at radius 2 is 2.16 bits per heavy atom. The molecule has 0 fully saturated rings. The normalized spacial score (nSPS) is 12.1. The number of hydrogen-bond donors (Lipinski definition) is 2. The van der Waals surface area contributed by atoms with Gasteiger partial charge in [0.05, 0.1) is 17.4 Å². The molecule has 0 atom stereocenters. The number of nitrogens with zero attached hydrogens (tertiary/aromatic N) is 2. The van der Waals surface area contributed by atoms with E-state index in [1.165, 1.54) is 0 Å². The van der Waals surface area contributed by atoms with Crippen LogP contribution in [0.2, 0.25) is 0 Å². The van der Waals surface area contributed by atoms with E-state index in [2.05, 4.69) is 34.0 Å². The largest absolute Gasteiger partial charge is 0.350 e. The van der Waals surface area contributed by atoms with Gasteiger partial charge < -0.3 is 15.2 Å². The number of hydrogen-bond acceptors (Lipinski definition) is 3. The van der Waals surface area contributed by atoms with Crippen molar-refractivity contribution in [3.8, 4) is 0 Å². The quantitative estimate of drug-likeness (QED) is 0.878. The van der Waals surface area contributed by atoms with Crippen LogP contribution in [-0.4, -0.2) is 47.0 Å². The summed E-state index contributed by atoms with van der Waals surface area (Å²) in [6.45, 7) is 4.77. The van der Waals surface area contributed by atoms with Gasteiger partial charge in [-0.05, 0) is 46.1 Å². The van der Waals surface area contributed by atoms with Gasteiger partial charge >= 0.3 is 0 Å². The van der Waals surface area contributed by atoms with E-state index in [0.29, 0.717) is 12.1 Å². The van der Waals surface area contributed by atoms with E-state index in [1.807, 2.05) is 26.2 Å². The zero-order chi connectivity index (χ0) is 14.0. The number of rotatable bonds is 4. The van der Waals surface area contributed by atoms with Crippen LogP contribution >= 0.6 is 0 Å². The summed E-state index contributed by atoms with van der Waals surface area (Å²) in [6, 6.07) is 5.46. The predicted molar refractivity (Wildman–Crippen MR) is 76.2 cm³/mol. The molecule has 2 rings (SSSR count). The number of imidazole rings is 1. The number of likely N-dealkylation sites (N-methyl/N-ethyl adjacent to an activating group) is 1. The van der Waals surface area contributed by atoms with Crippen LogP contribution in [0, 0.1) is 0 Å². The third-order valence-corrected chi connectivity index (χ3v) is 3.57. The summed E-state index contributed by atoms with van der Waals surface area (Å²) in [7, 11) is 4.01. The SMILES string of the molecule is CN(C)C(C)(C)CNC(=O)c1ccc2nc[nH]c2c1. The molecule has 0 aliphatic carbocycles. The van der Waals surface area contributed by atoms with Gasteiger partial charge in [0, 0.05) is 17.6 Å². The van der Waals surface area contributed by atoms with Gasteiger partial charge in [-0.2, -0.15) is 0 Å². The highest BCUT2D eigenvalue weighted by Crippen LogP contribution is 2.12. The Bertz CT molecular complexity index is 586. The van der Waals surface area contributed by atoms with Gasteiger partial charge in [0.15, 0.2) is 0 Å². The Kier molecular flexibility index (Phi) is 3.57. The molecule has 0 saturated heterocycles. The molecule has 5 nitrogen and oxygen atoms in total. The van der Waals surface area contributed by atoms with Crippen molar-refractivity contribution in [1.29, 1.82) is 0 Å². The van der Waals surface area contributed by atoms with E-state index >= 15 is 0 Å². The molecule has 19 heavy (non-hydrogen) atoms. The molecule has 5 heteroatoms. The fourth-order valence-electron chi connectivity index (χ4n) is 1.63. The van der Waals surface area contributed by atoms with Gasteiger partial charge in [-0.1, -0.05) is 0 Å². The van der Waals surface area contributed by atoms with E-state index in [-0.39, 0.29) is 11.4 Å². The first-order valence-electron chi connectivity index (χ1n) is 6.29. The van der Waals surface area contributed by atoms with Crippen LogP contribution in [-0.2, 0) is 0 Å². The number of amides is 1. The number of aromatic nitrogens is 2. The number of carbonyl (C=O) groups excluding carboxylic acids is 1. The number of benzene rings is 1. The predicted octanol–water partition coefficient (Wildman–Crippen LogP) is 1.63. The molecule has 0 aliphatic heterocycles. The number of carbonyl (C=O) groups is 1. The maximum atomic E-state index is 12.1. The molecule has 0 saturated carbocycles. The summed E-state index contributed by atoms with van der Waals surface area (Å²) in [5.74, 6) is -0.0635. The van der Waals surface area contributed by atoms with Crippen LogP contribution < -0.4 is 5.32 Å². The van der Waals surface area contributed by atoms with Crippen LogP contribution in [0.25, 0.3) is 11.0 Å². The van der Waals surface area contributed by atoms with Crippen LogP contribution in [0.5, 0.6) is 0 Å². The molecule has 2 aromatic rings. The third-order valence-electron chi connectivity index (χ3n) is 3.57. The maximum absolute atomic E-state index is 12.1. The molecular formula is C14H20N4O. The number of aromatic amines is 1. The molecule has 0 spiro atoms. The Morgan fingerprint density at radius 1 is 1.42 bits per heavy atom. The standard InChI is InChI=1S/C14H20N4O/c1-14(2,18(3)4)8-15-13(19)10-5-6-11-12(7-10)17-9-16-11/h5-7,9H,8H2,1-4H3,(H,15,19)(H,16,17). The summed E-state index contributed by atoms with van der Waals surface area (Å²) in [4.78, 5) is 21.3. The maximum Gasteiger partial charge on any atom is 0.251 e. The molecule has 102 valence electrons. The van der Waals surface area contributed by atoms with Gasteiger partial charge in [0.1, 0.15) is 0 Å². The van der Waals surface area contributed by atoms with Crippen molar-refractivity contribution in [1.82, 2.24) is 20.2 Å². The molecule has 0 radical (unpaired) electrons. The minimum Gasteiger partial charge on any atom is -0.350 e. The average Bonchev–Trinajstić information content (AvgIpc) is 2.82. The lowest BCUT2D eigenvalue weighted by atomic mass is 10.0. The van der Waals surface area contributed by atoms with Crippen LogP contribution in [0.4, 0.5) is 0 Å². The first-order valence-corrected chi connectivity index (χ1v) is 6.29. The van der Waals surface area contributed by atoms with E-state index in [4.69, 9.17) is 0 Å². The average molecular weight is 260 g/mol. The lowest BCUT2D eigenvalue weighted by Crippen LogP contribution is -2.48. The summed E-state index contributed by atoms with van der Waals surface area (Å²) in [6.07, 6.45) is 1.63. The minimum atomic E-state index is -0.0756. The monoisotopic (exact) mass is 260 g/mol. The molecule has 1 aromatic carbocycles. The van der Waals surface area contributed by atoms with Gasteiger partial charge in [-0.25, -0.2) is 4.98 Å². The molecule has 0 aliphatic rings. The van der Waals surface area contributed by atoms with E-state index in [1.54, 1.807) is 12.4 Å². The van der Waals surface area contributed by atoms with E-state index in [0.717, 1.165) is 11.0 Å². The number of fused-ring (bicyclic) bond motifs is 1. The molecular weight excluding hydrogens is 240 g/mol. The van der Waals surface area contributed by atoms with E-state index < -0.39 is 0 Å². The summed E-state index contributed by atoms with van der Waals surface area (Å²) in [5, 5.41) is 2.96. The van der Waals surface area contributed by atoms with Crippen LogP contribution in [0.3, 0.4) is 0 Å². The zero-order valence-corrected chi connectivity index (χ0v) is 11.8. The fourth-order valence-corrected chi connectivity index (χ4v) is 1.63. The van der Waals surface area contributed by atoms with Gasteiger partial charge in [0.2, 0.25) is 0 Å². The van der Waals surface area contributed by atoms with Gasteiger partial charge in [0.25, 0.3) is 5.91 Å². The van der Waals surface area contributed by atoms with Gasteiger partial charge in [-0.15, -0.1) is 0 Å². The van der Waals surface area contributed by atoms with Crippen molar-refractivity contribution in [2.24, 2.45) is 0 Å². The first-order chi connectivity index (χ1) is 8.90. The van der Waals surface area contributed by atoms with Crippen molar-refractivity contribution in [2.75, 3.05) is 20.6 Å². The molecule has 0 unspecified atom stereocenters. The number of nitrogens with one attached hydrogen (secondary N) is 2. The lowest BCUT2D eigenvalue weighted by molar-refractivity contribution is 0.0920. The Labute approximate surface area is 113 Å². The van der Waals surface area contributed by atoms with Crippen LogP contribution in [0.15, 0.2) is 24.5 Å². The minimum absolute atomic E-state index is 0.0635. The molecule has 1 amide bonds. The first kappa shape index (κ1) is 13.5. The van der Waals surface area contributed by atoms with Crippen LogP contribution in [0.1, 0.15) is 24.2 Å². The highest BCUT2D eigenvalue weighted by Gasteiger charge is 2.21.